The molecule has 1 amide bonds. The fourth-order valence-corrected chi connectivity index (χ4v) is 1.78. The summed E-state index contributed by atoms with van der Waals surface area (Å²) in [5.74, 6) is 0. The van der Waals surface area contributed by atoms with E-state index in [1.54, 1.807) is 0 Å². The van der Waals surface area contributed by atoms with Gasteiger partial charge in [-0.1, -0.05) is 43.6 Å². The number of amides is 1. The summed E-state index contributed by atoms with van der Waals surface area (Å²) in [5.41, 5.74) is -0.439. The van der Waals surface area contributed by atoms with Gasteiger partial charge in [0.15, 0.2) is 0 Å². The van der Waals surface area contributed by atoms with Crippen molar-refractivity contribution >= 4 is 22.0 Å². The minimum absolute atomic E-state index is 0.0128. The molecule has 2 atom stereocenters. The van der Waals surface area contributed by atoms with Crippen LogP contribution in [0.4, 0.5) is 4.79 Å². The number of hydrogen-bond acceptors (Lipinski definition) is 2. The highest BCUT2D eigenvalue weighted by Gasteiger charge is 2.29. The number of carbonyl (C=O) groups excluding carboxylic acids is 1. The van der Waals surface area contributed by atoms with E-state index >= 15 is 0 Å². The van der Waals surface area contributed by atoms with Gasteiger partial charge in [0, 0.05) is 10.9 Å². The molecule has 0 radical (unpaired) electrons. The van der Waals surface area contributed by atoms with Gasteiger partial charge < -0.3 is 10.1 Å². The molecule has 0 aromatic carbocycles. The van der Waals surface area contributed by atoms with Crippen LogP contribution in [0.15, 0.2) is 0 Å². The molecule has 0 saturated carbocycles. The molecule has 0 rings (SSSR count). The molecule has 4 heteroatoms. The number of alkyl halides is 1. The average Bonchev–Trinajstić information content (AvgIpc) is 1.95. The van der Waals surface area contributed by atoms with Crippen LogP contribution < -0.4 is 5.32 Å². The van der Waals surface area contributed by atoms with Gasteiger partial charge in [-0.2, -0.15) is 0 Å². The molecule has 0 aliphatic carbocycles. The molecule has 0 fully saturated rings. The van der Waals surface area contributed by atoms with Crippen molar-refractivity contribution in [2.24, 2.45) is 5.41 Å². The zero-order chi connectivity index (χ0) is 13.9. The standard InChI is InChI=1S/C13H26BrNO2/c1-9(14)8-10(12(2,3)4)15-11(16)17-13(5,6)7/h9-10H,8H2,1-7H3,(H,15,16). The Morgan fingerprint density at radius 2 is 1.71 bits per heavy atom. The van der Waals surface area contributed by atoms with Gasteiger partial charge in [0.2, 0.25) is 0 Å². The van der Waals surface area contributed by atoms with Crippen molar-refractivity contribution in [3.63, 3.8) is 0 Å². The topological polar surface area (TPSA) is 38.3 Å². The lowest BCUT2D eigenvalue weighted by Crippen LogP contribution is -2.46. The smallest absolute Gasteiger partial charge is 0.407 e. The molecule has 0 bridgehead atoms. The zero-order valence-corrected chi connectivity index (χ0v) is 13.6. The number of carbonyl (C=O) groups is 1. The van der Waals surface area contributed by atoms with Crippen molar-refractivity contribution in [3.8, 4) is 0 Å². The van der Waals surface area contributed by atoms with E-state index in [2.05, 4.69) is 48.9 Å². The number of ether oxygens (including phenoxy) is 1. The highest BCUT2D eigenvalue weighted by molar-refractivity contribution is 9.09. The zero-order valence-electron chi connectivity index (χ0n) is 12.1. The van der Waals surface area contributed by atoms with Crippen LogP contribution in [0.25, 0.3) is 0 Å². The first-order valence-corrected chi connectivity index (χ1v) is 6.97. The van der Waals surface area contributed by atoms with Gasteiger partial charge in [-0.3, -0.25) is 0 Å². The third-order valence-electron chi connectivity index (χ3n) is 2.30. The molecule has 0 aromatic rings. The maximum atomic E-state index is 11.7. The van der Waals surface area contributed by atoms with Gasteiger partial charge in [0.1, 0.15) is 5.60 Å². The maximum absolute atomic E-state index is 11.7. The van der Waals surface area contributed by atoms with Gasteiger partial charge in [-0.15, -0.1) is 0 Å². The summed E-state index contributed by atoms with van der Waals surface area (Å²) in [6, 6.07) is 0.0896. The Hall–Kier alpha value is -0.250. The van der Waals surface area contributed by atoms with Gasteiger partial charge >= 0.3 is 6.09 Å². The summed E-state index contributed by atoms with van der Waals surface area (Å²) in [6.07, 6.45) is 0.536. The Morgan fingerprint density at radius 3 is 2.00 bits per heavy atom. The average molecular weight is 308 g/mol. The van der Waals surface area contributed by atoms with Crippen molar-refractivity contribution in [2.75, 3.05) is 0 Å². The fourth-order valence-electron chi connectivity index (χ4n) is 1.40. The van der Waals surface area contributed by atoms with Crippen molar-refractivity contribution in [1.29, 1.82) is 0 Å². The SMILES string of the molecule is CC(Br)CC(NC(=O)OC(C)(C)C)C(C)(C)C. The molecule has 0 saturated heterocycles. The summed E-state index contributed by atoms with van der Waals surface area (Å²) >= 11 is 3.53. The lowest BCUT2D eigenvalue weighted by Gasteiger charge is -2.33. The van der Waals surface area contributed by atoms with Crippen LogP contribution in [0.1, 0.15) is 54.9 Å². The van der Waals surface area contributed by atoms with Crippen molar-refractivity contribution in [2.45, 2.75) is 71.4 Å². The van der Waals surface area contributed by atoms with Crippen LogP contribution in [-0.4, -0.2) is 22.6 Å². The van der Waals surface area contributed by atoms with Crippen LogP contribution in [0.5, 0.6) is 0 Å². The van der Waals surface area contributed by atoms with Gasteiger partial charge in [-0.05, 0) is 32.6 Å². The summed E-state index contributed by atoms with van der Waals surface area (Å²) < 4.78 is 5.28. The predicted octanol–water partition coefficient (Wildman–Crippen LogP) is 4.10. The Kier molecular flexibility index (Phi) is 5.99. The Bertz CT molecular complexity index is 251. The minimum atomic E-state index is -0.452. The van der Waals surface area contributed by atoms with Gasteiger partial charge in [-0.25, -0.2) is 4.79 Å². The second-order valence-electron chi connectivity index (χ2n) is 6.58. The molecule has 1 N–H and O–H groups in total. The predicted molar refractivity (Wildman–Crippen MR) is 75.6 cm³/mol. The number of nitrogens with one attached hydrogen (secondary N) is 1. The van der Waals surface area contributed by atoms with Crippen molar-refractivity contribution < 1.29 is 9.53 Å². The van der Waals surface area contributed by atoms with Crippen LogP contribution in [0.3, 0.4) is 0 Å². The first-order valence-electron chi connectivity index (χ1n) is 6.05. The highest BCUT2D eigenvalue weighted by atomic mass is 79.9. The summed E-state index contributed by atoms with van der Waals surface area (Å²) in [5, 5.41) is 2.95. The molecule has 0 spiro atoms. The highest BCUT2D eigenvalue weighted by Crippen LogP contribution is 2.25. The van der Waals surface area contributed by atoms with E-state index in [9.17, 15) is 4.79 Å². The van der Waals surface area contributed by atoms with Gasteiger partial charge in [0.25, 0.3) is 0 Å². The Balaban J connectivity index is 4.50. The van der Waals surface area contributed by atoms with E-state index in [1.807, 2.05) is 20.8 Å². The van der Waals surface area contributed by atoms with E-state index in [1.165, 1.54) is 0 Å². The van der Waals surface area contributed by atoms with Crippen LogP contribution in [0, 0.1) is 5.41 Å². The van der Waals surface area contributed by atoms with Gasteiger partial charge in [0.05, 0.1) is 0 Å². The number of hydrogen-bond donors (Lipinski definition) is 1. The maximum Gasteiger partial charge on any atom is 0.407 e. The lowest BCUT2D eigenvalue weighted by molar-refractivity contribution is 0.0460. The fraction of sp³-hybridized carbons (Fsp3) is 0.923. The molecule has 0 aliphatic rings. The molecule has 2 unspecified atom stereocenters. The summed E-state index contributed by atoms with van der Waals surface area (Å²) in [4.78, 5) is 12.1. The molecule has 17 heavy (non-hydrogen) atoms. The Morgan fingerprint density at radius 1 is 1.24 bits per heavy atom. The van der Waals surface area contributed by atoms with Crippen molar-refractivity contribution in [1.82, 2.24) is 5.32 Å². The third kappa shape index (κ3) is 8.47. The summed E-state index contributed by atoms with van der Waals surface area (Å²) in [6.45, 7) is 14.0. The lowest BCUT2D eigenvalue weighted by atomic mass is 9.84. The number of alkyl carbamates (subject to hydrolysis) is 1. The Labute approximate surface area is 114 Å². The monoisotopic (exact) mass is 307 g/mol. The molecular weight excluding hydrogens is 282 g/mol. The number of rotatable bonds is 3. The van der Waals surface area contributed by atoms with E-state index in [0.717, 1.165) is 6.42 Å². The molecule has 0 aliphatic heterocycles. The normalized spacial score (nSPS) is 16.2. The van der Waals surface area contributed by atoms with E-state index in [-0.39, 0.29) is 17.6 Å². The van der Waals surface area contributed by atoms with Crippen LogP contribution in [0.2, 0.25) is 0 Å². The molecular formula is C13H26BrNO2. The molecule has 0 aromatic heterocycles. The first kappa shape index (κ1) is 16.8. The van der Waals surface area contributed by atoms with E-state index < -0.39 is 5.60 Å². The largest absolute Gasteiger partial charge is 0.444 e. The molecule has 102 valence electrons. The van der Waals surface area contributed by atoms with E-state index in [0.29, 0.717) is 4.83 Å². The first-order chi connectivity index (χ1) is 7.42. The second kappa shape index (κ2) is 6.07. The second-order valence-corrected chi connectivity index (χ2v) is 8.14. The van der Waals surface area contributed by atoms with Crippen LogP contribution in [-0.2, 0) is 4.74 Å². The number of halogens is 1. The molecule has 3 nitrogen and oxygen atoms in total. The molecule has 0 heterocycles. The summed E-state index contributed by atoms with van der Waals surface area (Å²) in [7, 11) is 0. The quantitative estimate of drug-likeness (QED) is 0.797. The minimum Gasteiger partial charge on any atom is -0.444 e. The van der Waals surface area contributed by atoms with Crippen LogP contribution >= 0.6 is 15.9 Å². The third-order valence-corrected chi connectivity index (χ3v) is 2.67. The van der Waals surface area contributed by atoms with E-state index in [4.69, 9.17) is 4.74 Å². The van der Waals surface area contributed by atoms with Crippen molar-refractivity contribution in [3.05, 3.63) is 0 Å².